The van der Waals surface area contributed by atoms with Crippen LogP contribution in [0.3, 0.4) is 0 Å². The highest BCUT2D eigenvalue weighted by molar-refractivity contribution is 7.80. The van der Waals surface area contributed by atoms with Crippen LogP contribution in [-0.2, 0) is 4.74 Å². The van der Waals surface area contributed by atoms with Crippen LogP contribution in [0.1, 0.15) is 17.3 Å². The Bertz CT molecular complexity index is 735. The number of methoxy groups -OCH3 is 1. The smallest absolute Gasteiger partial charge is 0.261 e. The van der Waals surface area contributed by atoms with Crippen molar-refractivity contribution in [1.82, 2.24) is 5.32 Å². The molecule has 0 unspecified atom stereocenters. The zero-order chi connectivity index (χ0) is 18.8. The summed E-state index contributed by atoms with van der Waals surface area (Å²) in [4.78, 5) is 12.3. The van der Waals surface area contributed by atoms with Crippen LogP contribution < -0.4 is 20.1 Å². The van der Waals surface area contributed by atoms with Gasteiger partial charge < -0.3 is 19.5 Å². The van der Waals surface area contributed by atoms with E-state index in [1.165, 1.54) is 7.11 Å². The third kappa shape index (κ3) is 6.02. The summed E-state index contributed by atoms with van der Waals surface area (Å²) in [5.74, 6) is 0.886. The lowest BCUT2D eigenvalue weighted by atomic mass is 10.2. The van der Waals surface area contributed by atoms with Crippen LogP contribution in [0.2, 0.25) is 0 Å². The fraction of sp³-hybridized carbons (Fsp3) is 0.263. The van der Waals surface area contributed by atoms with Crippen LogP contribution in [0.15, 0.2) is 48.5 Å². The zero-order valence-corrected chi connectivity index (χ0v) is 15.6. The molecule has 0 heterocycles. The Morgan fingerprint density at radius 2 is 1.81 bits per heavy atom. The maximum absolute atomic E-state index is 12.3. The minimum atomic E-state index is -0.337. The van der Waals surface area contributed by atoms with Gasteiger partial charge in [0.15, 0.2) is 5.11 Å². The molecule has 0 saturated carbocycles. The third-order valence-electron chi connectivity index (χ3n) is 3.39. The molecule has 1 amide bonds. The molecule has 2 N–H and O–H groups in total. The summed E-state index contributed by atoms with van der Waals surface area (Å²) in [6.07, 6.45) is 0. The van der Waals surface area contributed by atoms with Gasteiger partial charge in [0, 0.05) is 12.3 Å². The van der Waals surface area contributed by atoms with Crippen LogP contribution >= 0.6 is 12.2 Å². The van der Waals surface area contributed by atoms with Gasteiger partial charge in [-0.25, -0.2) is 0 Å². The Morgan fingerprint density at radius 1 is 1.08 bits per heavy atom. The number of para-hydroxylation sites is 1. The SMILES string of the molecule is CCOCCOc1ccc(NC(=S)NC(=O)c2ccccc2OC)cc1. The number of thiocarbonyl (C=S) groups is 1. The maximum Gasteiger partial charge on any atom is 0.261 e. The first kappa shape index (κ1) is 19.7. The van der Waals surface area contributed by atoms with Crippen LogP contribution in [0.4, 0.5) is 5.69 Å². The molecule has 0 saturated heterocycles. The van der Waals surface area contributed by atoms with Crippen LogP contribution in [0.5, 0.6) is 11.5 Å². The number of nitrogens with one attached hydrogen (secondary N) is 2. The Balaban J connectivity index is 1.86. The van der Waals surface area contributed by atoms with Crippen molar-refractivity contribution in [2.75, 3.05) is 32.2 Å². The first-order valence-corrected chi connectivity index (χ1v) is 8.60. The molecule has 0 spiro atoms. The Labute approximate surface area is 158 Å². The molecular formula is C19H22N2O4S. The second kappa shape index (κ2) is 10.4. The molecule has 0 bridgehead atoms. The average Bonchev–Trinajstić information content (AvgIpc) is 2.66. The van der Waals surface area contributed by atoms with Crippen molar-refractivity contribution in [2.24, 2.45) is 0 Å². The number of amides is 1. The van der Waals surface area contributed by atoms with E-state index in [4.69, 9.17) is 26.4 Å². The minimum absolute atomic E-state index is 0.200. The van der Waals surface area contributed by atoms with E-state index < -0.39 is 0 Å². The average molecular weight is 374 g/mol. The fourth-order valence-electron chi connectivity index (χ4n) is 2.16. The lowest BCUT2D eigenvalue weighted by molar-refractivity contribution is 0.0975. The predicted molar refractivity (Wildman–Crippen MR) is 105 cm³/mol. The van der Waals surface area contributed by atoms with Crippen LogP contribution in [0.25, 0.3) is 0 Å². The molecule has 0 aliphatic rings. The highest BCUT2D eigenvalue weighted by atomic mass is 32.1. The Hall–Kier alpha value is -2.64. The minimum Gasteiger partial charge on any atom is -0.496 e. The molecule has 0 aromatic heterocycles. The van der Waals surface area contributed by atoms with Crippen molar-refractivity contribution in [3.05, 3.63) is 54.1 Å². The molecule has 138 valence electrons. The van der Waals surface area contributed by atoms with Crippen molar-refractivity contribution in [1.29, 1.82) is 0 Å². The lowest BCUT2D eigenvalue weighted by Gasteiger charge is -2.12. The van der Waals surface area contributed by atoms with E-state index in [-0.39, 0.29) is 11.0 Å². The van der Waals surface area contributed by atoms with Gasteiger partial charge in [-0.1, -0.05) is 12.1 Å². The zero-order valence-electron chi connectivity index (χ0n) is 14.8. The largest absolute Gasteiger partial charge is 0.496 e. The Morgan fingerprint density at radius 3 is 2.50 bits per heavy atom. The molecule has 26 heavy (non-hydrogen) atoms. The summed E-state index contributed by atoms with van der Waals surface area (Å²) in [7, 11) is 1.51. The molecule has 2 aromatic carbocycles. The number of benzene rings is 2. The van der Waals surface area contributed by atoms with E-state index in [1.54, 1.807) is 24.3 Å². The van der Waals surface area contributed by atoms with Crippen molar-refractivity contribution >= 4 is 28.9 Å². The van der Waals surface area contributed by atoms with E-state index in [1.807, 2.05) is 31.2 Å². The van der Waals surface area contributed by atoms with Gasteiger partial charge >= 0.3 is 0 Å². The number of carbonyl (C=O) groups excluding carboxylic acids is 1. The van der Waals surface area contributed by atoms with Crippen molar-refractivity contribution in [2.45, 2.75) is 6.92 Å². The van der Waals surface area contributed by atoms with Gasteiger partial charge in [0.1, 0.15) is 18.1 Å². The van der Waals surface area contributed by atoms with Gasteiger partial charge in [-0.15, -0.1) is 0 Å². The molecule has 0 atom stereocenters. The molecule has 2 aromatic rings. The molecule has 0 aliphatic heterocycles. The summed E-state index contributed by atoms with van der Waals surface area (Å²) >= 11 is 5.19. The monoisotopic (exact) mass is 374 g/mol. The van der Waals surface area contributed by atoms with Crippen molar-refractivity contribution in [3.63, 3.8) is 0 Å². The summed E-state index contributed by atoms with van der Waals surface area (Å²) in [5, 5.41) is 5.80. The first-order valence-electron chi connectivity index (χ1n) is 8.20. The highest BCUT2D eigenvalue weighted by Crippen LogP contribution is 2.18. The second-order valence-electron chi connectivity index (χ2n) is 5.18. The number of hydrogen-bond donors (Lipinski definition) is 2. The standard InChI is InChI=1S/C19H22N2O4S/c1-3-24-12-13-25-15-10-8-14(9-11-15)20-19(26)21-18(22)16-6-4-5-7-17(16)23-2/h4-11H,3,12-13H2,1-2H3,(H2,20,21,22,26). The van der Waals surface area contributed by atoms with Gasteiger partial charge in [-0.3, -0.25) is 10.1 Å². The topological polar surface area (TPSA) is 68.8 Å². The molecular weight excluding hydrogens is 352 g/mol. The molecule has 7 heteroatoms. The molecule has 2 rings (SSSR count). The number of rotatable bonds is 8. The summed E-state index contributed by atoms with van der Waals surface area (Å²) < 4.78 is 15.9. The number of ether oxygens (including phenoxy) is 3. The highest BCUT2D eigenvalue weighted by Gasteiger charge is 2.12. The quantitative estimate of drug-likeness (QED) is 0.546. The summed E-state index contributed by atoms with van der Waals surface area (Å²) in [6, 6.07) is 14.2. The fourth-order valence-corrected chi connectivity index (χ4v) is 2.37. The van der Waals surface area contributed by atoms with Crippen LogP contribution in [-0.4, -0.2) is 38.0 Å². The second-order valence-corrected chi connectivity index (χ2v) is 5.59. The van der Waals surface area contributed by atoms with Gasteiger partial charge in [0.2, 0.25) is 0 Å². The molecule has 0 aliphatic carbocycles. The van der Waals surface area contributed by atoms with Crippen LogP contribution in [0, 0.1) is 0 Å². The van der Waals surface area contributed by atoms with Gasteiger partial charge in [0.25, 0.3) is 5.91 Å². The maximum atomic E-state index is 12.3. The van der Waals surface area contributed by atoms with E-state index in [2.05, 4.69) is 10.6 Å². The van der Waals surface area contributed by atoms with Gasteiger partial charge in [-0.05, 0) is 55.5 Å². The normalized spacial score (nSPS) is 10.1. The Kier molecular flexibility index (Phi) is 7.85. The van der Waals surface area contributed by atoms with E-state index in [9.17, 15) is 4.79 Å². The van der Waals surface area contributed by atoms with E-state index in [0.29, 0.717) is 31.1 Å². The summed E-state index contributed by atoms with van der Waals surface area (Å²) in [5.41, 5.74) is 1.16. The van der Waals surface area contributed by atoms with Crippen molar-refractivity contribution < 1.29 is 19.0 Å². The van der Waals surface area contributed by atoms with Gasteiger partial charge in [-0.2, -0.15) is 0 Å². The first-order chi connectivity index (χ1) is 12.6. The molecule has 6 nitrogen and oxygen atoms in total. The third-order valence-corrected chi connectivity index (χ3v) is 3.60. The summed E-state index contributed by atoms with van der Waals surface area (Å²) in [6.45, 7) is 3.66. The number of carbonyl (C=O) groups is 1. The van der Waals surface area contributed by atoms with Crippen molar-refractivity contribution in [3.8, 4) is 11.5 Å². The van der Waals surface area contributed by atoms with Gasteiger partial charge in [0.05, 0.1) is 19.3 Å². The van der Waals surface area contributed by atoms with E-state index in [0.717, 1.165) is 11.4 Å². The number of anilines is 1. The van der Waals surface area contributed by atoms with E-state index >= 15 is 0 Å². The number of hydrogen-bond acceptors (Lipinski definition) is 5. The predicted octanol–water partition coefficient (Wildman–Crippen LogP) is 3.24. The molecule has 0 radical (unpaired) electrons. The lowest BCUT2D eigenvalue weighted by Crippen LogP contribution is -2.34. The molecule has 0 fully saturated rings.